The molecule has 0 saturated carbocycles. The number of likely N-dealkylation sites (tertiary alicyclic amines) is 1. The van der Waals surface area contributed by atoms with E-state index in [1.165, 1.54) is 11.1 Å². The molecule has 2 aromatic rings. The Hall–Kier alpha value is -3.07. The summed E-state index contributed by atoms with van der Waals surface area (Å²) in [6, 6.07) is 5.93. The fourth-order valence-electron chi connectivity index (χ4n) is 3.07. The molecule has 3 rings (SSSR count). The lowest BCUT2D eigenvalue weighted by Crippen LogP contribution is -2.41. The van der Waals surface area contributed by atoms with Crippen molar-refractivity contribution in [1.82, 2.24) is 9.88 Å². The molecule has 0 bridgehead atoms. The number of benzene rings is 1. The minimum atomic E-state index is -0.929. The maximum atomic E-state index is 13.8. The van der Waals surface area contributed by atoms with Gasteiger partial charge in [0.2, 0.25) is 0 Å². The summed E-state index contributed by atoms with van der Waals surface area (Å²) < 4.78 is 31.9. The first-order chi connectivity index (χ1) is 14.3. The van der Waals surface area contributed by atoms with Crippen molar-refractivity contribution < 1.29 is 27.9 Å². The maximum absolute atomic E-state index is 13.8. The SMILES string of the molecule is O=C(COC(=O)C1CCN(C(=O)c2ccc(F)cc2F)CC1)Nc1cccnc1Cl. The van der Waals surface area contributed by atoms with Crippen LogP contribution in [0, 0.1) is 17.6 Å². The molecule has 158 valence electrons. The number of aromatic nitrogens is 1. The van der Waals surface area contributed by atoms with Gasteiger partial charge in [-0.05, 0) is 37.1 Å². The zero-order valence-corrected chi connectivity index (χ0v) is 16.5. The average molecular weight is 438 g/mol. The molecule has 1 aliphatic heterocycles. The van der Waals surface area contributed by atoms with Crippen molar-refractivity contribution in [3.05, 3.63) is 58.9 Å². The Balaban J connectivity index is 1.46. The van der Waals surface area contributed by atoms with Crippen LogP contribution >= 0.6 is 11.6 Å². The topological polar surface area (TPSA) is 88.6 Å². The third kappa shape index (κ3) is 5.29. The highest BCUT2D eigenvalue weighted by atomic mass is 35.5. The van der Waals surface area contributed by atoms with Gasteiger partial charge in [-0.25, -0.2) is 13.8 Å². The number of pyridine rings is 1. The quantitative estimate of drug-likeness (QED) is 0.573. The summed E-state index contributed by atoms with van der Waals surface area (Å²) in [6.07, 6.45) is 2.09. The molecule has 2 amide bonds. The fourth-order valence-corrected chi connectivity index (χ4v) is 3.24. The third-order valence-corrected chi connectivity index (χ3v) is 4.96. The van der Waals surface area contributed by atoms with Gasteiger partial charge in [-0.3, -0.25) is 14.4 Å². The number of carbonyl (C=O) groups excluding carboxylic acids is 3. The molecule has 0 spiro atoms. The largest absolute Gasteiger partial charge is 0.455 e. The highest BCUT2D eigenvalue weighted by Crippen LogP contribution is 2.22. The van der Waals surface area contributed by atoms with Crippen LogP contribution in [0.25, 0.3) is 0 Å². The van der Waals surface area contributed by atoms with Crippen LogP contribution in [-0.4, -0.2) is 47.4 Å². The van der Waals surface area contributed by atoms with Gasteiger partial charge in [0.25, 0.3) is 11.8 Å². The first-order valence-corrected chi connectivity index (χ1v) is 9.54. The van der Waals surface area contributed by atoms with Gasteiger partial charge < -0.3 is 15.0 Å². The molecule has 7 nitrogen and oxygen atoms in total. The molecular weight excluding hydrogens is 420 g/mol. The highest BCUT2D eigenvalue weighted by molar-refractivity contribution is 6.32. The monoisotopic (exact) mass is 437 g/mol. The number of hydrogen-bond acceptors (Lipinski definition) is 5. The van der Waals surface area contributed by atoms with E-state index < -0.39 is 41.9 Å². The zero-order chi connectivity index (χ0) is 21.7. The second-order valence-corrected chi connectivity index (χ2v) is 7.05. The van der Waals surface area contributed by atoms with Gasteiger partial charge in [0, 0.05) is 25.4 Å². The van der Waals surface area contributed by atoms with Crippen LogP contribution in [0.3, 0.4) is 0 Å². The molecule has 0 radical (unpaired) electrons. The Bertz CT molecular complexity index is 965. The number of nitrogens with zero attached hydrogens (tertiary/aromatic N) is 2. The first kappa shape index (κ1) is 21.6. The molecule has 10 heteroatoms. The lowest BCUT2D eigenvalue weighted by atomic mass is 9.96. The molecule has 30 heavy (non-hydrogen) atoms. The molecule has 1 fully saturated rings. The Labute approximate surface area is 176 Å². The normalized spacial score (nSPS) is 14.3. The minimum Gasteiger partial charge on any atom is -0.455 e. The molecule has 0 atom stereocenters. The summed E-state index contributed by atoms with van der Waals surface area (Å²) in [5.74, 6) is -3.85. The summed E-state index contributed by atoms with van der Waals surface area (Å²) in [5, 5.41) is 2.61. The van der Waals surface area contributed by atoms with E-state index in [0.717, 1.165) is 12.1 Å². The number of piperidine rings is 1. The van der Waals surface area contributed by atoms with Gasteiger partial charge in [0.1, 0.15) is 11.6 Å². The Kier molecular flexibility index (Phi) is 6.94. The van der Waals surface area contributed by atoms with Crippen molar-refractivity contribution in [2.75, 3.05) is 25.0 Å². The van der Waals surface area contributed by atoms with Crippen LogP contribution < -0.4 is 5.32 Å². The number of amides is 2. The molecule has 2 heterocycles. The predicted molar refractivity (Wildman–Crippen MR) is 104 cm³/mol. The molecule has 0 aliphatic carbocycles. The van der Waals surface area contributed by atoms with E-state index in [1.807, 2.05) is 0 Å². The van der Waals surface area contributed by atoms with E-state index in [1.54, 1.807) is 12.1 Å². The molecule has 1 N–H and O–H groups in total. The van der Waals surface area contributed by atoms with Gasteiger partial charge in [-0.15, -0.1) is 0 Å². The van der Waals surface area contributed by atoms with Crippen LogP contribution in [0.5, 0.6) is 0 Å². The van der Waals surface area contributed by atoms with Crippen LogP contribution in [-0.2, 0) is 14.3 Å². The highest BCUT2D eigenvalue weighted by Gasteiger charge is 2.30. The van der Waals surface area contributed by atoms with E-state index in [-0.39, 0.29) is 23.8 Å². The third-order valence-electron chi connectivity index (χ3n) is 4.66. The summed E-state index contributed by atoms with van der Waals surface area (Å²) >= 11 is 5.85. The lowest BCUT2D eigenvalue weighted by molar-refractivity contribution is -0.152. The zero-order valence-electron chi connectivity index (χ0n) is 15.7. The number of halogens is 3. The van der Waals surface area contributed by atoms with Crippen LogP contribution in [0.4, 0.5) is 14.5 Å². The molecule has 0 unspecified atom stereocenters. The van der Waals surface area contributed by atoms with Crippen molar-refractivity contribution in [3.8, 4) is 0 Å². The van der Waals surface area contributed by atoms with Gasteiger partial charge in [0.15, 0.2) is 11.8 Å². The first-order valence-electron chi connectivity index (χ1n) is 9.16. The second kappa shape index (κ2) is 9.62. The molecule has 1 aliphatic rings. The van der Waals surface area contributed by atoms with Crippen molar-refractivity contribution in [3.63, 3.8) is 0 Å². The van der Waals surface area contributed by atoms with Crippen molar-refractivity contribution in [1.29, 1.82) is 0 Å². The number of esters is 1. The Morgan fingerprint density at radius 2 is 1.93 bits per heavy atom. The van der Waals surface area contributed by atoms with E-state index in [9.17, 15) is 23.2 Å². The van der Waals surface area contributed by atoms with E-state index >= 15 is 0 Å². The minimum absolute atomic E-state index is 0.117. The summed E-state index contributed by atoms with van der Waals surface area (Å²) in [6.45, 7) is -0.0518. The molecule has 1 aromatic heterocycles. The number of rotatable bonds is 5. The molecule has 1 saturated heterocycles. The standard InChI is InChI=1S/C20H18ClF2N3O4/c21-18-16(2-1-7-24-18)25-17(27)11-30-20(29)12-5-8-26(9-6-12)19(28)14-4-3-13(22)10-15(14)23/h1-4,7,10,12H,5-6,8-9,11H2,(H,25,27). The van der Waals surface area contributed by atoms with Gasteiger partial charge in [-0.1, -0.05) is 11.6 Å². The predicted octanol–water partition coefficient (Wildman–Crippen LogP) is 3.05. The summed E-state index contributed by atoms with van der Waals surface area (Å²) in [7, 11) is 0. The van der Waals surface area contributed by atoms with Gasteiger partial charge in [-0.2, -0.15) is 0 Å². The average Bonchev–Trinajstić information content (AvgIpc) is 2.73. The molecule has 1 aromatic carbocycles. The Morgan fingerprint density at radius 3 is 2.60 bits per heavy atom. The number of carbonyl (C=O) groups is 3. The van der Waals surface area contributed by atoms with E-state index in [2.05, 4.69) is 10.3 Å². The smallest absolute Gasteiger partial charge is 0.309 e. The van der Waals surface area contributed by atoms with E-state index in [4.69, 9.17) is 16.3 Å². The van der Waals surface area contributed by atoms with Crippen molar-refractivity contribution in [2.24, 2.45) is 5.92 Å². The molecular formula is C20H18ClF2N3O4. The second-order valence-electron chi connectivity index (χ2n) is 6.69. The van der Waals surface area contributed by atoms with Crippen LogP contribution in [0.15, 0.2) is 36.5 Å². The number of ether oxygens (including phenoxy) is 1. The summed E-state index contributed by atoms with van der Waals surface area (Å²) in [4.78, 5) is 41.8. The number of hydrogen-bond donors (Lipinski definition) is 1. The summed E-state index contributed by atoms with van der Waals surface area (Å²) in [5.41, 5.74) is 0.0863. The van der Waals surface area contributed by atoms with Gasteiger partial charge in [0.05, 0.1) is 17.2 Å². The van der Waals surface area contributed by atoms with E-state index in [0.29, 0.717) is 24.6 Å². The maximum Gasteiger partial charge on any atom is 0.309 e. The lowest BCUT2D eigenvalue weighted by Gasteiger charge is -2.31. The fraction of sp³-hybridized carbons (Fsp3) is 0.300. The Morgan fingerprint density at radius 1 is 1.20 bits per heavy atom. The van der Waals surface area contributed by atoms with Crippen LogP contribution in [0.2, 0.25) is 5.15 Å². The van der Waals surface area contributed by atoms with Crippen molar-refractivity contribution >= 4 is 35.1 Å². The van der Waals surface area contributed by atoms with Gasteiger partial charge >= 0.3 is 5.97 Å². The van der Waals surface area contributed by atoms with Crippen LogP contribution in [0.1, 0.15) is 23.2 Å². The van der Waals surface area contributed by atoms with Crippen molar-refractivity contribution in [2.45, 2.75) is 12.8 Å². The number of nitrogens with one attached hydrogen (secondary N) is 1. The number of anilines is 1.